The van der Waals surface area contributed by atoms with Crippen molar-refractivity contribution in [3.8, 4) is 23.0 Å². The van der Waals surface area contributed by atoms with Crippen molar-refractivity contribution in [2.75, 3.05) is 41.7 Å². The van der Waals surface area contributed by atoms with Crippen molar-refractivity contribution in [3.63, 3.8) is 0 Å². The molecular weight excluding hydrogens is 700 g/mol. The molecule has 12 heteroatoms. The highest BCUT2D eigenvalue weighted by molar-refractivity contribution is 6.06. The largest absolute Gasteiger partial charge is 0.497 e. The lowest BCUT2D eigenvalue weighted by Gasteiger charge is -2.26. The molecule has 0 aliphatic carbocycles. The Morgan fingerprint density at radius 3 is 1.29 bits per heavy atom. The normalized spacial score (nSPS) is 20.8. The topological polar surface area (TPSA) is 121 Å². The van der Waals surface area contributed by atoms with Gasteiger partial charge >= 0.3 is 0 Å². The van der Waals surface area contributed by atoms with Crippen molar-refractivity contribution in [3.05, 3.63) is 120 Å². The van der Waals surface area contributed by atoms with Crippen molar-refractivity contribution in [1.82, 2.24) is 9.80 Å². The molecular formula is C43H40N4O8. The maximum absolute atomic E-state index is 14.0. The monoisotopic (exact) mass is 740 g/mol. The number of rotatable bonds is 12. The second-order valence-corrected chi connectivity index (χ2v) is 13.3. The van der Waals surface area contributed by atoms with E-state index in [1.54, 1.807) is 87.1 Å². The summed E-state index contributed by atoms with van der Waals surface area (Å²) in [5, 5.41) is 0. The van der Waals surface area contributed by atoms with Crippen molar-refractivity contribution >= 4 is 46.8 Å². The Labute approximate surface area is 318 Å². The molecule has 4 aliphatic rings. The molecule has 280 valence electrons. The van der Waals surface area contributed by atoms with Gasteiger partial charge in [0.15, 0.2) is 0 Å². The third kappa shape index (κ3) is 6.75. The van der Waals surface area contributed by atoms with Gasteiger partial charge in [0.2, 0.25) is 0 Å². The van der Waals surface area contributed by atoms with Gasteiger partial charge < -0.3 is 38.2 Å². The Kier molecular flexibility index (Phi) is 9.92. The summed E-state index contributed by atoms with van der Waals surface area (Å²) in [6, 6.07) is 25.0. The summed E-state index contributed by atoms with van der Waals surface area (Å²) in [7, 11) is 6.38. The van der Waals surface area contributed by atoms with Crippen LogP contribution in [0.1, 0.15) is 38.3 Å². The predicted molar refractivity (Wildman–Crippen MR) is 208 cm³/mol. The van der Waals surface area contributed by atoms with Crippen LogP contribution >= 0.6 is 0 Å². The van der Waals surface area contributed by atoms with Crippen LogP contribution in [0, 0.1) is 0 Å². The number of carbonyl (C=O) groups excluding carboxylic acids is 2. The van der Waals surface area contributed by atoms with Crippen LogP contribution < -0.4 is 18.9 Å². The molecule has 0 N–H and O–H groups in total. The minimum atomic E-state index is -0.504. The Morgan fingerprint density at radius 1 is 0.527 bits per heavy atom. The molecule has 0 radical (unpaired) electrons. The molecule has 55 heavy (non-hydrogen) atoms. The molecule has 0 bridgehead atoms. The maximum atomic E-state index is 14.0. The van der Waals surface area contributed by atoms with Gasteiger partial charge in [-0.05, 0) is 78.2 Å². The van der Waals surface area contributed by atoms with Gasteiger partial charge in [-0.3, -0.25) is 19.6 Å². The van der Waals surface area contributed by atoms with Gasteiger partial charge in [0, 0.05) is 49.2 Å². The second-order valence-electron chi connectivity index (χ2n) is 13.3. The van der Waals surface area contributed by atoms with Gasteiger partial charge in [-0.1, -0.05) is 24.3 Å². The average molecular weight is 741 g/mol. The quantitative estimate of drug-likeness (QED) is 0.147. The summed E-state index contributed by atoms with van der Waals surface area (Å²) in [5.74, 6) is 2.21. The van der Waals surface area contributed by atoms with E-state index in [4.69, 9.17) is 38.4 Å². The summed E-state index contributed by atoms with van der Waals surface area (Å²) < 4.78 is 34.9. The molecule has 2 amide bonds. The standard InChI is InChI=1S/C43H40N4O8/c1-50-28-10-6-26(7-11-28)34-24-46-38(22-44-36-16-14-30(52-3)20-32(36)42(46)48)40(34)54-18-5-19-55-41-35(27-8-12-29(51-2)13-9-27)25-47-39(41)23-45-37-17-15-31(53-4)21-33(37)43(47)49/h6-17,20-25,38-41H,5,18-19H2,1-4H3/t38-,39-,40?,41?/m0/s1. The number of ether oxygens (including phenoxy) is 6. The van der Waals surface area contributed by atoms with Crippen molar-refractivity contribution in [2.24, 2.45) is 9.98 Å². The Bertz CT molecular complexity index is 2070. The fourth-order valence-corrected chi connectivity index (χ4v) is 7.31. The third-order valence-corrected chi connectivity index (χ3v) is 10.2. The molecule has 2 unspecified atom stereocenters. The maximum Gasteiger partial charge on any atom is 0.260 e. The minimum absolute atomic E-state index is 0.194. The molecule has 4 aromatic carbocycles. The summed E-state index contributed by atoms with van der Waals surface area (Å²) in [6.07, 6.45) is 6.78. The molecule has 0 fully saturated rings. The molecule has 4 heterocycles. The van der Waals surface area contributed by atoms with E-state index in [2.05, 4.69) is 0 Å². The van der Waals surface area contributed by atoms with E-state index in [1.807, 2.05) is 60.9 Å². The van der Waals surface area contributed by atoms with Gasteiger partial charge in [-0.15, -0.1) is 0 Å². The van der Waals surface area contributed by atoms with E-state index < -0.39 is 24.3 Å². The number of nitrogens with zero attached hydrogens (tertiary/aromatic N) is 4. The molecule has 4 aromatic rings. The molecule has 12 nitrogen and oxygen atoms in total. The molecule has 4 atom stereocenters. The van der Waals surface area contributed by atoms with Crippen LogP contribution in [0.15, 0.2) is 107 Å². The summed E-state index contributed by atoms with van der Waals surface area (Å²) >= 11 is 0. The Balaban J connectivity index is 1.01. The third-order valence-electron chi connectivity index (χ3n) is 10.2. The first kappa shape index (κ1) is 35.8. The van der Waals surface area contributed by atoms with E-state index in [-0.39, 0.29) is 11.8 Å². The van der Waals surface area contributed by atoms with Gasteiger partial charge in [-0.2, -0.15) is 0 Å². The van der Waals surface area contributed by atoms with Gasteiger partial charge in [0.1, 0.15) is 47.3 Å². The molecule has 0 spiro atoms. The second kappa shape index (κ2) is 15.2. The van der Waals surface area contributed by atoms with Crippen molar-refractivity contribution in [2.45, 2.75) is 30.7 Å². The van der Waals surface area contributed by atoms with E-state index in [0.717, 1.165) is 33.8 Å². The van der Waals surface area contributed by atoms with Crippen LogP contribution in [0.2, 0.25) is 0 Å². The van der Waals surface area contributed by atoms with E-state index >= 15 is 0 Å². The summed E-state index contributed by atoms with van der Waals surface area (Å²) in [5.41, 5.74) is 5.54. The molecule has 0 saturated heterocycles. The predicted octanol–water partition coefficient (Wildman–Crippen LogP) is 6.74. The van der Waals surface area contributed by atoms with Gasteiger partial charge in [-0.25, -0.2) is 0 Å². The first-order valence-corrected chi connectivity index (χ1v) is 18.0. The molecule has 0 aromatic heterocycles. The first-order valence-electron chi connectivity index (χ1n) is 18.0. The molecule has 8 rings (SSSR count). The van der Waals surface area contributed by atoms with E-state index in [1.165, 1.54) is 0 Å². The smallest absolute Gasteiger partial charge is 0.260 e. The van der Waals surface area contributed by atoms with Crippen LogP contribution in [0.25, 0.3) is 11.1 Å². The van der Waals surface area contributed by atoms with Crippen LogP contribution in [0.5, 0.6) is 23.0 Å². The van der Waals surface area contributed by atoms with Crippen LogP contribution in [-0.4, -0.2) is 100.0 Å². The highest BCUT2D eigenvalue weighted by atomic mass is 16.5. The van der Waals surface area contributed by atoms with Crippen LogP contribution in [-0.2, 0) is 9.47 Å². The van der Waals surface area contributed by atoms with Crippen LogP contribution in [0.3, 0.4) is 0 Å². The number of benzene rings is 4. The summed E-state index contributed by atoms with van der Waals surface area (Å²) in [4.78, 5) is 40.8. The zero-order chi connectivity index (χ0) is 38.1. The SMILES string of the molecule is COc1ccc(C2=CN3C(=O)c4cc(OC)ccc4N=C[C@H]3C2OCCCOC2C(c3ccc(OC)cc3)=CN3C(=O)c4cc(OC)ccc4N=C[C@@H]23)cc1. The number of aliphatic imine (C=N–C) groups is 2. The van der Waals surface area contributed by atoms with Crippen molar-refractivity contribution in [1.29, 1.82) is 0 Å². The van der Waals surface area contributed by atoms with Crippen molar-refractivity contribution < 1.29 is 38.0 Å². The van der Waals surface area contributed by atoms with Gasteiger partial charge in [0.25, 0.3) is 11.8 Å². The Hall–Kier alpha value is -6.24. The number of hydrogen-bond donors (Lipinski definition) is 0. The highest BCUT2D eigenvalue weighted by Gasteiger charge is 2.43. The number of methoxy groups -OCH3 is 4. The molecule has 4 aliphatic heterocycles. The lowest BCUT2D eigenvalue weighted by molar-refractivity contribution is 0.0260. The summed E-state index contributed by atoms with van der Waals surface area (Å²) in [6.45, 7) is 0.651. The number of carbonyl (C=O) groups is 2. The fourth-order valence-electron chi connectivity index (χ4n) is 7.31. The lowest BCUT2D eigenvalue weighted by Crippen LogP contribution is -2.41. The van der Waals surface area contributed by atoms with Crippen LogP contribution in [0.4, 0.5) is 11.4 Å². The van der Waals surface area contributed by atoms with Gasteiger partial charge in [0.05, 0.1) is 50.9 Å². The molecule has 0 saturated carbocycles. The lowest BCUT2D eigenvalue weighted by atomic mass is 9.99. The zero-order valence-corrected chi connectivity index (χ0v) is 30.9. The zero-order valence-electron chi connectivity index (χ0n) is 30.9. The van der Waals surface area contributed by atoms with E-state index in [0.29, 0.717) is 53.6 Å². The number of hydrogen-bond acceptors (Lipinski definition) is 10. The first-order chi connectivity index (χ1) is 26.9. The average Bonchev–Trinajstić information content (AvgIpc) is 3.70. The Morgan fingerprint density at radius 2 is 0.909 bits per heavy atom. The minimum Gasteiger partial charge on any atom is -0.497 e. The number of fused-ring (bicyclic) bond motifs is 4. The highest BCUT2D eigenvalue weighted by Crippen LogP contribution is 2.40. The number of amides is 2. The van der Waals surface area contributed by atoms with E-state index in [9.17, 15) is 9.59 Å². The fraction of sp³-hybridized carbons (Fsp3) is 0.256.